The number of piperidine rings is 1. The standard InChI is InChI=1S/C25H25ClFN5O/c1-14-7-15(9-17(27)8-14)19-12-29-13-20(24(19)32-5-3-18(28)4-6-32)25-30-21-10-16(26)11-22(33-2)23(21)31-25/h7-13,18H,3-6,28H2,1-2H3,(H,30,31). The molecule has 4 aromatic rings. The van der Waals surface area contributed by atoms with E-state index in [-0.39, 0.29) is 11.9 Å². The van der Waals surface area contributed by atoms with E-state index < -0.39 is 0 Å². The van der Waals surface area contributed by atoms with Crippen LogP contribution in [0.25, 0.3) is 33.5 Å². The Morgan fingerprint density at radius 1 is 1.12 bits per heavy atom. The van der Waals surface area contributed by atoms with E-state index in [9.17, 15) is 4.39 Å². The minimum Gasteiger partial charge on any atom is -0.494 e. The van der Waals surface area contributed by atoms with Gasteiger partial charge in [0.1, 0.15) is 22.9 Å². The number of ether oxygens (including phenoxy) is 1. The molecule has 0 spiro atoms. The van der Waals surface area contributed by atoms with Crippen LogP contribution in [0.5, 0.6) is 5.75 Å². The number of hydrogen-bond donors (Lipinski definition) is 2. The number of nitrogens with one attached hydrogen (secondary N) is 1. The Kier molecular flexibility index (Phi) is 5.68. The van der Waals surface area contributed by atoms with Gasteiger partial charge in [0.15, 0.2) is 0 Å². The molecule has 0 atom stereocenters. The number of hydrogen-bond acceptors (Lipinski definition) is 5. The Labute approximate surface area is 196 Å². The molecule has 1 aliphatic rings. The number of imidazole rings is 1. The smallest absolute Gasteiger partial charge is 0.148 e. The Morgan fingerprint density at radius 2 is 1.88 bits per heavy atom. The number of fused-ring (bicyclic) bond motifs is 1. The number of aromatic nitrogens is 3. The normalized spacial score (nSPS) is 14.8. The molecule has 1 aliphatic heterocycles. The topological polar surface area (TPSA) is 80.1 Å². The predicted octanol–water partition coefficient (Wildman–Crippen LogP) is 5.33. The van der Waals surface area contributed by atoms with Crippen LogP contribution in [0.4, 0.5) is 10.1 Å². The summed E-state index contributed by atoms with van der Waals surface area (Å²) >= 11 is 6.26. The molecule has 170 valence electrons. The van der Waals surface area contributed by atoms with Crippen molar-refractivity contribution in [3.05, 3.63) is 59.1 Å². The van der Waals surface area contributed by atoms with E-state index in [4.69, 9.17) is 27.1 Å². The van der Waals surface area contributed by atoms with E-state index >= 15 is 0 Å². The number of nitrogens with two attached hydrogens (primary N) is 1. The third kappa shape index (κ3) is 4.14. The molecule has 5 rings (SSSR count). The zero-order valence-electron chi connectivity index (χ0n) is 18.5. The summed E-state index contributed by atoms with van der Waals surface area (Å²) in [6, 6.07) is 8.80. The lowest BCUT2D eigenvalue weighted by atomic mass is 9.97. The molecule has 1 fully saturated rings. The first-order valence-electron chi connectivity index (χ1n) is 10.9. The van der Waals surface area contributed by atoms with E-state index in [1.54, 1.807) is 31.6 Å². The van der Waals surface area contributed by atoms with Gasteiger partial charge in [-0.25, -0.2) is 9.37 Å². The molecule has 0 unspecified atom stereocenters. The van der Waals surface area contributed by atoms with Gasteiger partial charge in [-0.1, -0.05) is 17.7 Å². The van der Waals surface area contributed by atoms with Crippen LogP contribution in [0.15, 0.2) is 42.7 Å². The summed E-state index contributed by atoms with van der Waals surface area (Å²) in [5.41, 5.74) is 11.9. The average molecular weight is 466 g/mol. The van der Waals surface area contributed by atoms with Crippen LogP contribution in [0, 0.1) is 12.7 Å². The third-order valence-corrected chi connectivity index (χ3v) is 6.34. The fourth-order valence-electron chi connectivity index (χ4n) is 4.53. The minimum absolute atomic E-state index is 0.184. The summed E-state index contributed by atoms with van der Waals surface area (Å²) < 4.78 is 19.8. The summed E-state index contributed by atoms with van der Waals surface area (Å²) in [7, 11) is 1.59. The number of halogens is 2. The van der Waals surface area contributed by atoms with Crippen LogP contribution >= 0.6 is 11.6 Å². The van der Waals surface area contributed by atoms with Crippen LogP contribution in [0.2, 0.25) is 5.02 Å². The lowest BCUT2D eigenvalue weighted by Gasteiger charge is -2.34. The fourth-order valence-corrected chi connectivity index (χ4v) is 4.74. The van der Waals surface area contributed by atoms with E-state index in [1.165, 1.54) is 6.07 Å². The highest BCUT2D eigenvalue weighted by molar-refractivity contribution is 6.31. The Morgan fingerprint density at radius 3 is 2.61 bits per heavy atom. The summed E-state index contributed by atoms with van der Waals surface area (Å²) in [5, 5.41) is 0.557. The monoisotopic (exact) mass is 465 g/mol. The summed E-state index contributed by atoms with van der Waals surface area (Å²) in [5.74, 6) is 0.971. The van der Waals surface area contributed by atoms with Crippen molar-refractivity contribution in [3.8, 4) is 28.3 Å². The molecule has 0 saturated carbocycles. The number of nitrogens with zero attached hydrogens (tertiary/aromatic N) is 3. The lowest BCUT2D eigenvalue weighted by molar-refractivity contribution is 0.419. The minimum atomic E-state index is -0.273. The maximum absolute atomic E-state index is 14.3. The molecule has 1 saturated heterocycles. The van der Waals surface area contributed by atoms with Crippen LogP contribution in [-0.2, 0) is 0 Å². The third-order valence-electron chi connectivity index (χ3n) is 6.12. The highest BCUT2D eigenvalue weighted by Crippen LogP contribution is 2.41. The molecule has 3 heterocycles. The van der Waals surface area contributed by atoms with Gasteiger partial charge in [0.25, 0.3) is 0 Å². The molecular weight excluding hydrogens is 441 g/mol. The number of rotatable bonds is 4. The van der Waals surface area contributed by atoms with Gasteiger partial charge < -0.3 is 20.4 Å². The van der Waals surface area contributed by atoms with Crippen molar-refractivity contribution < 1.29 is 9.13 Å². The van der Waals surface area contributed by atoms with Gasteiger partial charge in [-0.2, -0.15) is 0 Å². The number of aromatic amines is 1. The van der Waals surface area contributed by atoms with Gasteiger partial charge >= 0.3 is 0 Å². The largest absolute Gasteiger partial charge is 0.494 e. The maximum atomic E-state index is 14.3. The zero-order valence-corrected chi connectivity index (χ0v) is 19.3. The second kappa shape index (κ2) is 8.65. The van der Waals surface area contributed by atoms with E-state index in [1.807, 2.05) is 19.1 Å². The molecule has 2 aromatic carbocycles. The quantitative estimate of drug-likeness (QED) is 0.426. The van der Waals surface area contributed by atoms with E-state index in [0.717, 1.165) is 59.4 Å². The van der Waals surface area contributed by atoms with Crippen molar-refractivity contribution >= 4 is 28.3 Å². The second-order valence-corrected chi connectivity index (χ2v) is 8.95. The Bertz CT molecular complexity index is 1310. The predicted molar refractivity (Wildman–Crippen MR) is 130 cm³/mol. The summed E-state index contributed by atoms with van der Waals surface area (Å²) in [6.45, 7) is 3.49. The van der Waals surface area contributed by atoms with Gasteiger partial charge in [-0.15, -0.1) is 0 Å². The summed E-state index contributed by atoms with van der Waals surface area (Å²) in [4.78, 5) is 15.0. The highest BCUT2D eigenvalue weighted by atomic mass is 35.5. The van der Waals surface area contributed by atoms with Gasteiger partial charge in [0.05, 0.1) is 23.9 Å². The van der Waals surface area contributed by atoms with Crippen LogP contribution in [0.1, 0.15) is 18.4 Å². The molecule has 0 radical (unpaired) electrons. The van der Waals surface area contributed by atoms with Gasteiger partial charge in [-0.05, 0) is 49.1 Å². The number of benzene rings is 2. The van der Waals surface area contributed by atoms with Gasteiger partial charge in [-0.3, -0.25) is 4.98 Å². The second-order valence-electron chi connectivity index (χ2n) is 8.51. The van der Waals surface area contributed by atoms with Crippen molar-refractivity contribution in [2.24, 2.45) is 5.73 Å². The van der Waals surface area contributed by atoms with Gasteiger partial charge in [0, 0.05) is 48.2 Å². The summed E-state index contributed by atoms with van der Waals surface area (Å²) in [6.07, 6.45) is 5.35. The molecule has 0 bridgehead atoms. The van der Waals surface area contributed by atoms with Crippen LogP contribution in [-0.4, -0.2) is 41.2 Å². The molecule has 3 N–H and O–H groups in total. The van der Waals surface area contributed by atoms with Gasteiger partial charge in [0.2, 0.25) is 0 Å². The zero-order chi connectivity index (χ0) is 23.1. The lowest BCUT2D eigenvalue weighted by Crippen LogP contribution is -2.40. The number of aryl methyl sites for hydroxylation is 1. The Balaban J connectivity index is 1.73. The number of pyridine rings is 1. The number of anilines is 1. The number of H-pyrrole nitrogens is 1. The number of methoxy groups -OCH3 is 1. The molecule has 6 nitrogen and oxygen atoms in total. The highest BCUT2D eigenvalue weighted by Gasteiger charge is 2.25. The molecule has 33 heavy (non-hydrogen) atoms. The van der Waals surface area contributed by atoms with Crippen molar-refractivity contribution in [1.82, 2.24) is 15.0 Å². The first-order chi connectivity index (χ1) is 15.9. The molecule has 0 amide bonds. The maximum Gasteiger partial charge on any atom is 0.148 e. The molecule has 0 aliphatic carbocycles. The molecule has 8 heteroatoms. The van der Waals surface area contributed by atoms with Crippen molar-refractivity contribution in [2.45, 2.75) is 25.8 Å². The molecule has 2 aromatic heterocycles. The van der Waals surface area contributed by atoms with Crippen molar-refractivity contribution in [1.29, 1.82) is 0 Å². The fraction of sp³-hybridized carbons (Fsp3) is 0.280. The van der Waals surface area contributed by atoms with E-state index in [2.05, 4.69) is 14.9 Å². The average Bonchev–Trinajstić information content (AvgIpc) is 3.22. The molecular formula is C25H25ClFN5O. The first kappa shape index (κ1) is 21.7. The van der Waals surface area contributed by atoms with Crippen molar-refractivity contribution in [2.75, 3.05) is 25.1 Å². The van der Waals surface area contributed by atoms with E-state index in [0.29, 0.717) is 22.1 Å². The SMILES string of the molecule is COc1cc(Cl)cc2[nH]c(-c3cncc(-c4cc(C)cc(F)c4)c3N3CCC(N)CC3)nc12. The van der Waals surface area contributed by atoms with Crippen molar-refractivity contribution in [3.63, 3.8) is 0 Å². The van der Waals surface area contributed by atoms with Crippen LogP contribution in [0.3, 0.4) is 0 Å². The first-order valence-corrected chi connectivity index (χ1v) is 11.3. The Hall–Kier alpha value is -3.16. The van der Waals surface area contributed by atoms with Crippen LogP contribution < -0.4 is 15.4 Å².